The number of carbonyl (C=O) groups is 1. The number of rotatable bonds is 5. The van der Waals surface area contributed by atoms with E-state index in [2.05, 4.69) is 18.9 Å². The standard InChI is InChI=1S/C8H17NO/c1-4-9(3)6-5-8(2)7-10/h7-8H,4-6H2,1-3H3. The summed E-state index contributed by atoms with van der Waals surface area (Å²) in [7, 11) is 2.07. The Hall–Kier alpha value is -0.370. The number of aldehydes is 1. The van der Waals surface area contributed by atoms with Crippen molar-refractivity contribution >= 4 is 6.29 Å². The average Bonchev–Trinajstić information content (AvgIpc) is 1.99. The molecule has 0 aromatic rings. The van der Waals surface area contributed by atoms with Gasteiger partial charge in [-0.05, 0) is 26.6 Å². The molecule has 0 aromatic carbocycles. The van der Waals surface area contributed by atoms with E-state index in [0.29, 0.717) is 0 Å². The highest BCUT2D eigenvalue weighted by atomic mass is 16.1. The van der Waals surface area contributed by atoms with Crippen LogP contribution in [0.4, 0.5) is 0 Å². The quantitative estimate of drug-likeness (QED) is 0.538. The van der Waals surface area contributed by atoms with Gasteiger partial charge < -0.3 is 9.69 Å². The zero-order valence-corrected chi connectivity index (χ0v) is 7.13. The highest BCUT2D eigenvalue weighted by molar-refractivity contribution is 5.52. The molecule has 2 heteroatoms. The van der Waals surface area contributed by atoms with Crippen molar-refractivity contribution in [3.05, 3.63) is 0 Å². The maximum Gasteiger partial charge on any atom is 0.122 e. The molecular weight excluding hydrogens is 126 g/mol. The SMILES string of the molecule is CCN(C)CCC(C)C=O. The van der Waals surface area contributed by atoms with Crippen molar-refractivity contribution in [3.8, 4) is 0 Å². The van der Waals surface area contributed by atoms with Gasteiger partial charge in [-0.15, -0.1) is 0 Å². The molecule has 0 N–H and O–H groups in total. The third kappa shape index (κ3) is 4.50. The van der Waals surface area contributed by atoms with Gasteiger partial charge in [0.25, 0.3) is 0 Å². The Kier molecular flexibility index (Phi) is 5.22. The van der Waals surface area contributed by atoms with Crippen LogP contribution in [0.15, 0.2) is 0 Å². The minimum absolute atomic E-state index is 0.217. The Morgan fingerprint density at radius 3 is 2.60 bits per heavy atom. The first kappa shape index (κ1) is 9.63. The number of hydrogen-bond acceptors (Lipinski definition) is 2. The lowest BCUT2D eigenvalue weighted by atomic mass is 10.1. The van der Waals surface area contributed by atoms with Crippen LogP contribution in [0.3, 0.4) is 0 Å². The second-order valence-electron chi connectivity index (χ2n) is 2.80. The summed E-state index contributed by atoms with van der Waals surface area (Å²) in [6.45, 7) is 6.16. The second-order valence-corrected chi connectivity index (χ2v) is 2.80. The zero-order valence-electron chi connectivity index (χ0n) is 7.13. The van der Waals surface area contributed by atoms with Gasteiger partial charge in [-0.2, -0.15) is 0 Å². The monoisotopic (exact) mass is 143 g/mol. The molecule has 0 spiro atoms. The van der Waals surface area contributed by atoms with Gasteiger partial charge in [-0.3, -0.25) is 0 Å². The zero-order chi connectivity index (χ0) is 7.98. The minimum Gasteiger partial charge on any atom is -0.307 e. The summed E-state index contributed by atoms with van der Waals surface area (Å²) in [6.07, 6.45) is 2.00. The van der Waals surface area contributed by atoms with Crippen LogP contribution in [0, 0.1) is 5.92 Å². The average molecular weight is 143 g/mol. The van der Waals surface area contributed by atoms with Crippen molar-refractivity contribution in [3.63, 3.8) is 0 Å². The van der Waals surface area contributed by atoms with Crippen molar-refractivity contribution in [2.24, 2.45) is 5.92 Å². The summed E-state index contributed by atoms with van der Waals surface area (Å²) < 4.78 is 0. The molecule has 0 aliphatic heterocycles. The van der Waals surface area contributed by atoms with Crippen molar-refractivity contribution < 1.29 is 4.79 Å². The summed E-state index contributed by atoms with van der Waals surface area (Å²) in [6, 6.07) is 0. The van der Waals surface area contributed by atoms with Crippen LogP contribution in [-0.4, -0.2) is 31.3 Å². The van der Waals surface area contributed by atoms with E-state index in [0.717, 1.165) is 25.8 Å². The molecule has 0 rings (SSSR count). The van der Waals surface area contributed by atoms with Gasteiger partial charge in [0.15, 0.2) is 0 Å². The lowest BCUT2D eigenvalue weighted by molar-refractivity contribution is -0.110. The molecule has 0 aliphatic rings. The van der Waals surface area contributed by atoms with Crippen molar-refractivity contribution in [2.45, 2.75) is 20.3 Å². The van der Waals surface area contributed by atoms with E-state index in [9.17, 15) is 4.79 Å². The topological polar surface area (TPSA) is 20.3 Å². The molecule has 0 radical (unpaired) electrons. The number of carbonyl (C=O) groups excluding carboxylic acids is 1. The Labute approximate surface area is 63.2 Å². The van der Waals surface area contributed by atoms with Gasteiger partial charge in [0, 0.05) is 5.92 Å². The summed E-state index contributed by atoms with van der Waals surface area (Å²) in [5, 5.41) is 0. The van der Waals surface area contributed by atoms with Crippen LogP contribution in [0.25, 0.3) is 0 Å². The Bertz CT molecular complexity index is 93.3. The molecule has 0 aliphatic carbocycles. The van der Waals surface area contributed by atoms with Crippen molar-refractivity contribution in [1.29, 1.82) is 0 Å². The maximum absolute atomic E-state index is 10.2. The fraction of sp³-hybridized carbons (Fsp3) is 0.875. The molecule has 1 atom stereocenters. The fourth-order valence-corrected chi connectivity index (χ4v) is 0.650. The molecule has 0 bridgehead atoms. The van der Waals surface area contributed by atoms with Gasteiger partial charge in [0.1, 0.15) is 6.29 Å². The van der Waals surface area contributed by atoms with Gasteiger partial charge in [0.05, 0.1) is 0 Å². The van der Waals surface area contributed by atoms with E-state index in [1.54, 1.807) is 0 Å². The normalized spacial score (nSPS) is 13.6. The third-order valence-electron chi connectivity index (χ3n) is 1.74. The van der Waals surface area contributed by atoms with Crippen molar-refractivity contribution in [2.75, 3.05) is 20.1 Å². The lowest BCUT2D eigenvalue weighted by Crippen LogP contribution is -2.20. The van der Waals surface area contributed by atoms with Gasteiger partial charge in [0.2, 0.25) is 0 Å². The largest absolute Gasteiger partial charge is 0.307 e. The molecule has 0 heterocycles. The van der Waals surface area contributed by atoms with Crippen LogP contribution in [-0.2, 0) is 4.79 Å². The van der Waals surface area contributed by atoms with Crippen molar-refractivity contribution in [1.82, 2.24) is 4.90 Å². The Morgan fingerprint density at radius 1 is 1.60 bits per heavy atom. The van der Waals surface area contributed by atoms with Crippen LogP contribution >= 0.6 is 0 Å². The first-order chi connectivity index (χ1) is 4.70. The molecule has 0 aromatic heterocycles. The molecule has 60 valence electrons. The first-order valence-corrected chi connectivity index (χ1v) is 3.84. The first-order valence-electron chi connectivity index (χ1n) is 3.84. The van der Waals surface area contributed by atoms with Crippen LogP contribution < -0.4 is 0 Å². The van der Waals surface area contributed by atoms with E-state index < -0.39 is 0 Å². The molecule has 0 fully saturated rings. The smallest absolute Gasteiger partial charge is 0.122 e. The molecule has 1 unspecified atom stereocenters. The van der Waals surface area contributed by atoms with E-state index in [4.69, 9.17) is 0 Å². The van der Waals surface area contributed by atoms with Gasteiger partial charge in [-0.1, -0.05) is 13.8 Å². The predicted molar refractivity (Wildman–Crippen MR) is 43.0 cm³/mol. The second kappa shape index (κ2) is 5.42. The maximum atomic E-state index is 10.2. The molecule has 0 amide bonds. The molecular formula is C8H17NO. The summed E-state index contributed by atoms with van der Waals surface area (Å²) in [5.74, 6) is 0.217. The lowest BCUT2D eigenvalue weighted by Gasteiger charge is -2.13. The van der Waals surface area contributed by atoms with Crippen LogP contribution in [0.2, 0.25) is 0 Å². The van der Waals surface area contributed by atoms with E-state index in [1.165, 1.54) is 0 Å². The van der Waals surface area contributed by atoms with Crippen LogP contribution in [0.1, 0.15) is 20.3 Å². The number of hydrogen-bond donors (Lipinski definition) is 0. The van der Waals surface area contributed by atoms with Gasteiger partial charge >= 0.3 is 0 Å². The number of nitrogens with zero attached hydrogens (tertiary/aromatic N) is 1. The molecule has 2 nitrogen and oxygen atoms in total. The summed E-state index contributed by atoms with van der Waals surface area (Å²) >= 11 is 0. The van der Waals surface area contributed by atoms with E-state index in [-0.39, 0.29) is 5.92 Å². The summed E-state index contributed by atoms with van der Waals surface area (Å²) in [4.78, 5) is 12.4. The Morgan fingerprint density at radius 2 is 2.20 bits per heavy atom. The van der Waals surface area contributed by atoms with E-state index in [1.807, 2.05) is 6.92 Å². The molecule has 10 heavy (non-hydrogen) atoms. The van der Waals surface area contributed by atoms with Crippen LogP contribution in [0.5, 0.6) is 0 Å². The summed E-state index contributed by atoms with van der Waals surface area (Å²) in [5.41, 5.74) is 0. The predicted octanol–water partition coefficient (Wildman–Crippen LogP) is 1.16. The Balaban J connectivity index is 3.25. The highest BCUT2D eigenvalue weighted by Gasteiger charge is 2.00. The fourth-order valence-electron chi connectivity index (χ4n) is 0.650. The minimum atomic E-state index is 0.217. The highest BCUT2D eigenvalue weighted by Crippen LogP contribution is 1.97. The van der Waals surface area contributed by atoms with Gasteiger partial charge in [-0.25, -0.2) is 0 Å². The van der Waals surface area contributed by atoms with E-state index >= 15 is 0 Å². The molecule has 0 saturated heterocycles. The third-order valence-corrected chi connectivity index (χ3v) is 1.74. The molecule has 0 saturated carbocycles.